The molecular weight excluding hydrogens is 276 g/mol. The number of hydrogen-bond acceptors (Lipinski definition) is 5. The molecule has 2 aliphatic rings. The Morgan fingerprint density at radius 3 is 3.00 bits per heavy atom. The number of hydrazone groups is 1. The molecule has 0 aliphatic carbocycles. The van der Waals surface area contributed by atoms with Gasteiger partial charge >= 0.3 is 0 Å². The summed E-state index contributed by atoms with van der Waals surface area (Å²) in [4.78, 5) is 0. The first-order chi connectivity index (χ1) is 10.8. The molecule has 0 unspecified atom stereocenters. The zero-order valence-corrected chi connectivity index (χ0v) is 12.5. The Kier molecular flexibility index (Phi) is 3.94. The van der Waals surface area contributed by atoms with Crippen molar-refractivity contribution < 1.29 is 4.74 Å². The highest BCUT2D eigenvalue weighted by Crippen LogP contribution is 2.31. The highest BCUT2D eigenvalue weighted by Gasteiger charge is 2.28. The molecule has 112 valence electrons. The number of ether oxygens (including phenoxy) is 1. The van der Waals surface area contributed by atoms with Crippen molar-refractivity contribution in [3.63, 3.8) is 0 Å². The molecule has 1 aromatic rings. The monoisotopic (exact) mass is 294 g/mol. The first kappa shape index (κ1) is 14.4. The summed E-state index contributed by atoms with van der Waals surface area (Å²) in [6, 6.07) is 10.2. The predicted molar refractivity (Wildman–Crippen MR) is 86.1 cm³/mol. The number of fused-ring (bicyclic) bond motifs is 1. The van der Waals surface area contributed by atoms with Crippen LogP contribution in [-0.2, 0) is 11.2 Å². The van der Waals surface area contributed by atoms with Gasteiger partial charge < -0.3 is 10.5 Å². The van der Waals surface area contributed by atoms with Crippen LogP contribution in [0, 0.1) is 11.3 Å². The zero-order valence-electron chi connectivity index (χ0n) is 12.5. The Hall–Kier alpha value is -2.58. The third kappa shape index (κ3) is 2.38. The molecule has 0 atom stereocenters. The summed E-state index contributed by atoms with van der Waals surface area (Å²) in [5.41, 5.74) is 10.3. The van der Waals surface area contributed by atoms with Gasteiger partial charge in [0.25, 0.3) is 0 Å². The van der Waals surface area contributed by atoms with Gasteiger partial charge in [0.15, 0.2) is 0 Å². The minimum Gasteiger partial charge on any atom is -0.383 e. The molecule has 2 aliphatic heterocycles. The summed E-state index contributed by atoms with van der Waals surface area (Å²) in [5.74, 6) is 0.378. The van der Waals surface area contributed by atoms with Crippen LogP contribution in [0.1, 0.15) is 18.9 Å². The van der Waals surface area contributed by atoms with Gasteiger partial charge in [-0.1, -0.05) is 31.5 Å². The van der Waals surface area contributed by atoms with E-state index in [0.717, 1.165) is 29.8 Å². The number of hydrogen-bond donors (Lipinski definition) is 1. The van der Waals surface area contributed by atoms with Crippen molar-refractivity contribution >= 4 is 11.4 Å². The number of anilines is 1. The molecule has 0 saturated heterocycles. The van der Waals surface area contributed by atoms with Crippen LogP contribution < -0.4 is 10.7 Å². The number of para-hydroxylation sites is 1. The normalized spacial score (nSPS) is 17.5. The van der Waals surface area contributed by atoms with E-state index in [4.69, 9.17) is 10.5 Å². The van der Waals surface area contributed by atoms with E-state index in [0.29, 0.717) is 24.6 Å². The van der Waals surface area contributed by atoms with Gasteiger partial charge in [0.1, 0.15) is 17.5 Å². The van der Waals surface area contributed by atoms with Crippen LogP contribution in [0.4, 0.5) is 5.69 Å². The van der Waals surface area contributed by atoms with E-state index in [1.54, 1.807) is 5.01 Å². The van der Waals surface area contributed by atoms with Crippen molar-refractivity contribution in [2.75, 3.05) is 18.2 Å². The van der Waals surface area contributed by atoms with Crippen molar-refractivity contribution in [2.24, 2.45) is 10.8 Å². The maximum Gasteiger partial charge on any atom is 0.144 e. The van der Waals surface area contributed by atoms with Crippen LogP contribution in [0.3, 0.4) is 0 Å². The maximum atomic E-state index is 9.49. The lowest BCUT2D eigenvalue weighted by Gasteiger charge is -2.30. The molecule has 5 nitrogen and oxygen atoms in total. The molecule has 5 heteroatoms. The van der Waals surface area contributed by atoms with Crippen LogP contribution in [-0.4, -0.2) is 18.9 Å². The second-order valence-corrected chi connectivity index (χ2v) is 5.24. The van der Waals surface area contributed by atoms with Crippen molar-refractivity contribution in [3.05, 3.63) is 52.9 Å². The Morgan fingerprint density at radius 2 is 2.23 bits per heavy atom. The van der Waals surface area contributed by atoms with E-state index in [-0.39, 0.29) is 0 Å². The summed E-state index contributed by atoms with van der Waals surface area (Å²) in [7, 11) is 0. The fraction of sp³-hybridized carbons (Fsp3) is 0.294. The molecule has 2 N–H and O–H groups in total. The molecule has 0 saturated carbocycles. The van der Waals surface area contributed by atoms with Gasteiger partial charge in [-0.25, -0.2) is 5.01 Å². The molecular formula is C17H18N4O. The molecule has 2 heterocycles. The molecule has 0 radical (unpaired) electrons. The van der Waals surface area contributed by atoms with E-state index < -0.39 is 0 Å². The fourth-order valence-electron chi connectivity index (χ4n) is 2.74. The maximum absolute atomic E-state index is 9.49. The largest absolute Gasteiger partial charge is 0.383 e. The van der Waals surface area contributed by atoms with Gasteiger partial charge in [-0.3, -0.25) is 0 Å². The number of rotatable bonds is 3. The second kappa shape index (κ2) is 6.04. The van der Waals surface area contributed by atoms with Crippen molar-refractivity contribution in [3.8, 4) is 6.07 Å². The molecule has 0 fully saturated rings. The van der Waals surface area contributed by atoms with E-state index in [1.807, 2.05) is 24.3 Å². The number of aryl methyl sites for hydroxylation is 1. The topological polar surface area (TPSA) is 74.6 Å². The summed E-state index contributed by atoms with van der Waals surface area (Å²) in [6.07, 6.45) is 3.83. The summed E-state index contributed by atoms with van der Waals surface area (Å²) < 4.78 is 5.42. The van der Waals surface area contributed by atoms with E-state index in [1.165, 1.54) is 5.56 Å². The Morgan fingerprint density at radius 1 is 1.41 bits per heavy atom. The van der Waals surface area contributed by atoms with E-state index in [9.17, 15) is 5.26 Å². The van der Waals surface area contributed by atoms with Gasteiger partial charge in [-0.2, -0.15) is 10.4 Å². The van der Waals surface area contributed by atoms with Crippen molar-refractivity contribution in [1.82, 2.24) is 0 Å². The number of nitrogens with two attached hydrogens (primary N) is 1. The van der Waals surface area contributed by atoms with Gasteiger partial charge in [0.2, 0.25) is 0 Å². The number of nitriles is 1. The van der Waals surface area contributed by atoms with Crippen LogP contribution >= 0.6 is 0 Å². The highest BCUT2D eigenvalue weighted by atomic mass is 16.5. The molecule has 1 aromatic carbocycles. The van der Waals surface area contributed by atoms with E-state index >= 15 is 0 Å². The van der Waals surface area contributed by atoms with Crippen LogP contribution in [0.25, 0.3) is 0 Å². The number of benzene rings is 1. The van der Waals surface area contributed by atoms with Gasteiger partial charge in [-0.05, 0) is 24.1 Å². The highest BCUT2D eigenvalue weighted by molar-refractivity contribution is 6.08. The second-order valence-electron chi connectivity index (χ2n) is 5.24. The number of nitrogens with zero attached hydrogens (tertiary/aromatic N) is 3. The smallest absolute Gasteiger partial charge is 0.144 e. The van der Waals surface area contributed by atoms with Crippen molar-refractivity contribution in [1.29, 1.82) is 5.26 Å². The predicted octanol–water partition coefficient (Wildman–Crippen LogP) is 2.47. The first-order valence-corrected chi connectivity index (χ1v) is 7.40. The van der Waals surface area contributed by atoms with Crippen LogP contribution in [0.15, 0.2) is 52.4 Å². The quantitative estimate of drug-likeness (QED) is 0.929. The van der Waals surface area contributed by atoms with Gasteiger partial charge in [0, 0.05) is 5.57 Å². The third-order valence-electron chi connectivity index (χ3n) is 3.78. The molecule has 0 bridgehead atoms. The molecule has 0 spiro atoms. The lowest BCUT2D eigenvalue weighted by Crippen LogP contribution is -2.34. The average molecular weight is 294 g/mol. The zero-order chi connectivity index (χ0) is 15.5. The van der Waals surface area contributed by atoms with Gasteiger partial charge in [0.05, 0.1) is 24.6 Å². The Labute approximate surface area is 130 Å². The standard InChI is InChI=1S/C17H18N4O/c1-2-5-12-6-3-4-7-16(12)21-17(19)14(10-18)13-8-9-22-11-15(13)20-21/h3-4,6-8H,2,5,9,11,19H2,1H3. The average Bonchev–Trinajstić information content (AvgIpc) is 2.55. The fourth-order valence-corrected chi connectivity index (χ4v) is 2.74. The minimum absolute atomic E-state index is 0.378. The van der Waals surface area contributed by atoms with Crippen LogP contribution in [0.2, 0.25) is 0 Å². The lowest BCUT2D eigenvalue weighted by molar-refractivity contribution is 0.199. The third-order valence-corrected chi connectivity index (χ3v) is 3.78. The SMILES string of the molecule is CCCc1ccccc1N1N=C2COCC=C2C(C#N)=C1N. The molecule has 0 aromatic heterocycles. The number of allylic oxidation sites excluding steroid dienone is 1. The summed E-state index contributed by atoms with van der Waals surface area (Å²) in [6.45, 7) is 3.02. The van der Waals surface area contributed by atoms with E-state index in [2.05, 4.69) is 24.2 Å². The first-order valence-electron chi connectivity index (χ1n) is 7.40. The minimum atomic E-state index is 0.378. The summed E-state index contributed by atoms with van der Waals surface area (Å²) >= 11 is 0. The lowest BCUT2D eigenvalue weighted by atomic mass is 9.98. The Balaban J connectivity index is 2.12. The summed E-state index contributed by atoms with van der Waals surface area (Å²) in [5, 5.41) is 15.8. The Bertz CT molecular complexity index is 724. The molecule has 22 heavy (non-hydrogen) atoms. The van der Waals surface area contributed by atoms with Crippen LogP contribution in [0.5, 0.6) is 0 Å². The molecule has 3 rings (SSSR count). The van der Waals surface area contributed by atoms with Crippen molar-refractivity contribution in [2.45, 2.75) is 19.8 Å². The molecule has 0 amide bonds. The van der Waals surface area contributed by atoms with Gasteiger partial charge in [-0.15, -0.1) is 0 Å².